The highest BCUT2D eigenvalue weighted by Crippen LogP contribution is 2.28. The molecule has 3 rings (SSSR count). The molecule has 19 heavy (non-hydrogen) atoms. The molecular weight excluding hydrogens is 240 g/mol. The molecule has 4 heteroatoms. The Morgan fingerprint density at radius 2 is 1.68 bits per heavy atom. The summed E-state index contributed by atoms with van der Waals surface area (Å²) in [5, 5.41) is 11.7. The Balaban J connectivity index is 2.16. The van der Waals surface area contributed by atoms with Crippen molar-refractivity contribution in [2.45, 2.75) is 0 Å². The average molecular weight is 250 g/mol. The van der Waals surface area contributed by atoms with Gasteiger partial charge in [0, 0.05) is 23.7 Å². The molecule has 0 aliphatic carbocycles. The smallest absolute Gasteiger partial charge is 0.258 e. The predicted molar refractivity (Wildman–Crippen MR) is 73.8 cm³/mol. The zero-order chi connectivity index (χ0) is 13.2. The van der Waals surface area contributed by atoms with Crippen LogP contribution in [-0.4, -0.2) is 9.91 Å². The van der Waals surface area contributed by atoms with E-state index in [-0.39, 0.29) is 5.69 Å². The van der Waals surface area contributed by atoms with Gasteiger partial charge in [-0.2, -0.15) is 0 Å². The van der Waals surface area contributed by atoms with Gasteiger partial charge in [0.2, 0.25) is 0 Å². The fourth-order valence-electron chi connectivity index (χ4n) is 2.11. The molecule has 0 unspecified atom stereocenters. The van der Waals surface area contributed by atoms with Crippen molar-refractivity contribution in [1.29, 1.82) is 0 Å². The van der Waals surface area contributed by atoms with Gasteiger partial charge < -0.3 is 0 Å². The highest BCUT2D eigenvalue weighted by atomic mass is 16.6. The van der Waals surface area contributed by atoms with E-state index >= 15 is 0 Å². The molecule has 0 N–H and O–H groups in total. The topological polar surface area (TPSA) is 56.0 Å². The summed E-state index contributed by atoms with van der Waals surface area (Å²) in [5.41, 5.74) is 2.99. The number of nitro benzene ring substituents is 1. The van der Waals surface area contributed by atoms with Crippen molar-refractivity contribution < 1.29 is 4.92 Å². The minimum Gasteiger partial charge on any atom is -0.258 e. The molecule has 0 amide bonds. The van der Waals surface area contributed by atoms with Gasteiger partial charge in [-0.25, -0.2) is 0 Å². The summed E-state index contributed by atoms with van der Waals surface area (Å²) in [6.07, 6.45) is 1.75. The number of fused-ring (bicyclic) bond motifs is 1. The van der Waals surface area contributed by atoms with E-state index in [2.05, 4.69) is 4.98 Å². The number of aromatic nitrogens is 1. The number of hydrogen-bond donors (Lipinski definition) is 0. The second kappa shape index (κ2) is 4.49. The first-order chi connectivity index (χ1) is 9.25. The lowest BCUT2D eigenvalue weighted by Gasteiger charge is -2.05. The van der Waals surface area contributed by atoms with Gasteiger partial charge in [0.25, 0.3) is 5.69 Å². The maximum Gasteiger partial charge on any atom is 0.269 e. The zero-order valence-corrected chi connectivity index (χ0v) is 9.98. The normalized spacial score (nSPS) is 10.5. The Kier molecular flexibility index (Phi) is 2.68. The molecule has 0 fully saturated rings. The van der Waals surface area contributed by atoms with Crippen LogP contribution in [0.5, 0.6) is 0 Å². The lowest BCUT2D eigenvalue weighted by Crippen LogP contribution is -1.88. The van der Waals surface area contributed by atoms with E-state index in [4.69, 9.17) is 0 Å². The molecule has 0 aliphatic rings. The Morgan fingerprint density at radius 3 is 2.42 bits per heavy atom. The maximum absolute atomic E-state index is 10.7. The van der Waals surface area contributed by atoms with Crippen molar-refractivity contribution >= 4 is 16.6 Å². The number of rotatable bonds is 2. The number of pyridine rings is 1. The Morgan fingerprint density at radius 1 is 0.947 bits per heavy atom. The third-order valence-electron chi connectivity index (χ3n) is 3.04. The molecule has 0 aliphatic heterocycles. The van der Waals surface area contributed by atoms with Crippen molar-refractivity contribution in [3.8, 4) is 11.1 Å². The summed E-state index contributed by atoms with van der Waals surface area (Å²) in [7, 11) is 0. The third-order valence-corrected chi connectivity index (χ3v) is 3.04. The predicted octanol–water partition coefficient (Wildman–Crippen LogP) is 3.81. The van der Waals surface area contributed by atoms with Gasteiger partial charge in [0.1, 0.15) is 0 Å². The van der Waals surface area contributed by atoms with Gasteiger partial charge in [-0.1, -0.05) is 18.2 Å². The number of nitro groups is 1. The maximum atomic E-state index is 10.7. The van der Waals surface area contributed by atoms with Gasteiger partial charge in [0.15, 0.2) is 0 Å². The monoisotopic (exact) mass is 250 g/mol. The van der Waals surface area contributed by atoms with E-state index in [0.29, 0.717) is 0 Å². The fraction of sp³-hybridized carbons (Fsp3) is 0. The number of para-hydroxylation sites is 1. The summed E-state index contributed by atoms with van der Waals surface area (Å²) < 4.78 is 0. The molecule has 0 saturated heterocycles. The van der Waals surface area contributed by atoms with Crippen LogP contribution in [0, 0.1) is 10.1 Å². The first-order valence-corrected chi connectivity index (χ1v) is 5.84. The van der Waals surface area contributed by atoms with Gasteiger partial charge in [-0.15, -0.1) is 0 Å². The number of nitrogens with zero attached hydrogens (tertiary/aromatic N) is 2. The molecule has 0 bridgehead atoms. The molecule has 1 heterocycles. The van der Waals surface area contributed by atoms with Crippen molar-refractivity contribution in [1.82, 2.24) is 4.98 Å². The minimum absolute atomic E-state index is 0.0992. The van der Waals surface area contributed by atoms with E-state index in [1.807, 2.05) is 30.3 Å². The molecular formula is C15H10N2O2. The Bertz CT molecular complexity index is 746. The molecule has 92 valence electrons. The van der Waals surface area contributed by atoms with Crippen LogP contribution in [0.1, 0.15) is 0 Å². The molecule has 4 nitrogen and oxygen atoms in total. The van der Waals surface area contributed by atoms with Crippen LogP contribution in [0.25, 0.3) is 22.0 Å². The lowest BCUT2D eigenvalue weighted by atomic mass is 10.0. The van der Waals surface area contributed by atoms with Crippen molar-refractivity contribution in [3.63, 3.8) is 0 Å². The van der Waals surface area contributed by atoms with Crippen LogP contribution in [0.3, 0.4) is 0 Å². The van der Waals surface area contributed by atoms with Gasteiger partial charge >= 0.3 is 0 Å². The molecule has 0 saturated carbocycles. The summed E-state index contributed by atoms with van der Waals surface area (Å²) in [4.78, 5) is 14.6. The third kappa shape index (κ3) is 2.04. The molecule has 1 aromatic heterocycles. The minimum atomic E-state index is -0.394. The van der Waals surface area contributed by atoms with E-state index in [0.717, 1.165) is 22.0 Å². The number of non-ortho nitro benzene ring substituents is 1. The van der Waals surface area contributed by atoms with Crippen molar-refractivity contribution in [2.24, 2.45) is 0 Å². The van der Waals surface area contributed by atoms with Gasteiger partial charge in [0.05, 0.1) is 10.4 Å². The zero-order valence-electron chi connectivity index (χ0n) is 9.98. The molecule has 0 spiro atoms. The van der Waals surface area contributed by atoms with Gasteiger partial charge in [-0.05, 0) is 35.4 Å². The Hall–Kier alpha value is -2.75. The second-order valence-electron chi connectivity index (χ2n) is 4.18. The van der Waals surface area contributed by atoms with Crippen LogP contribution in [-0.2, 0) is 0 Å². The molecule has 2 aromatic carbocycles. The van der Waals surface area contributed by atoms with Crippen molar-refractivity contribution in [2.75, 3.05) is 0 Å². The SMILES string of the molecule is O=[N+]([O-])c1ccc(-c2ccnc3ccccc23)cc1. The van der Waals surface area contributed by atoms with Crippen molar-refractivity contribution in [3.05, 3.63) is 70.9 Å². The van der Waals surface area contributed by atoms with E-state index in [1.54, 1.807) is 18.3 Å². The largest absolute Gasteiger partial charge is 0.269 e. The standard InChI is InChI=1S/C15H10N2O2/c18-17(19)12-7-5-11(6-8-12)13-9-10-16-15-4-2-1-3-14(13)15/h1-10H. The molecule has 0 radical (unpaired) electrons. The molecule has 3 aromatic rings. The molecule has 0 atom stereocenters. The van der Waals surface area contributed by atoms with Crippen LogP contribution >= 0.6 is 0 Å². The fourth-order valence-corrected chi connectivity index (χ4v) is 2.11. The van der Waals surface area contributed by atoms with Crippen LogP contribution in [0.15, 0.2) is 60.8 Å². The van der Waals surface area contributed by atoms with E-state index < -0.39 is 4.92 Å². The quantitative estimate of drug-likeness (QED) is 0.513. The summed E-state index contributed by atoms with van der Waals surface area (Å²) >= 11 is 0. The number of benzene rings is 2. The number of hydrogen-bond acceptors (Lipinski definition) is 3. The first-order valence-electron chi connectivity index (χ1n) is 5.84. The van der Waals surface area contributed by atoms with Crippen LogP contribution < -0.4 is 0 Å². The summed E-state index contributed by atoms with van der Waals surface area (Å²) in [5.74, 6) is 0. The second-order valence-corrected chi connectivity index (χ2v) is 4.18. The van der Waals surface area contributed by atoms with Crippen LogP contribution in [0.2, 0.25) is 0 Å². The lowest BCUT2D eigenvalue weighted by molar-refractivity contribution is -0.384. The van der Waals surface area contributed by atoms with E-state index in [9.17, 15) is 10.1 Å². The summed E-state index contributed by atoms with van der Waals surface area (Å²) in [6.45, 7) is 0. The van der Waals surface area contributed by atoms with Crippen LogP contribution in [0.4, 0.5) is 5.69 Å². The Labute approximate surface area is 109 Å². The average Bonchev–Trinajstić information content (AvgIpc) is 2.47. The highest BCUT2D eigenvalue weighted by Gasteiger charge is 2.07. The first kappa shape index (κ1) is 11.3. The van der Waals surface area contributed by atoms with E-state index in [1.165, 1.54) is 12.1 Å². The summed E-state index contributed by atoms with van der Waals surface area (Å²) in [6, 6.07) is 16.3. The van der Waals surface area contributed by atoms with Gasteiger partial charge in [-0.3, -0.25) is 15.1 Å². The highest BCUT2D eigenvalue weighted by molar-refractivity contribution is 5.94.